The summed E-state index contributed by atoms with van der Waals surface area (Å²) in [5.41, 5.74) is 4.76. The van der Waals surface area contributed by atoms with E-state index in [0.717, 1.165) is 25.0 Å². The molecule has 0 unspecified atom stereocenters. The minimum absolute atomic E-state index is 0.157. The fourth-order valence-electron chi connectivity index (χ4n) is 2.62. The fraction of sp³-hybridized carbons (Fsp3) is 0.500. The van der Waals surface area contributed by atoms with E-state index in [9.17, 15) is 13.2 Å². The van der Waals surface area contributed by atoms with E-state index in [1.165, 1.54) is 0 Å². The van der Waals surface area contributed by atoms with Crippen LogP contribution in [0.5, 0.6) is 0 Å². The summed E-state index contributed by atoms with van der Waals surface area (Å²) in [6.07, 6.45) is 3.01. The van der Waals surface area contributed by atoms with Gasteiger partial charge in [0.15, 0.2) is 11.6 Å². The monoisotopic (exact) mass is 229 g/mol. The van der Waals surface area contributed by atoms with Gasteiger partial charge in [-0.1, -0.05) is 12.8 Å². The molecule has 1 aliphatic carbocycles. The Morgan fingerprint density at radius 1 is 1.06 bits per heavy atom. The Hall–Kier alpha value is -1.03. The molecule has 0 spiro atoms. The molecule has 1 aromatic rings. The lowest BCUT2D eigenvalue weighted by atomic mass is 9.78. The molecule has 0 heterocycles. The van der Waals surface area contributed by atoms with Crippen molar-refractivity contribution in [2.75, 3.05) is 6.54 Å². The number of benzene rings is 1. The van der Waals surface area contributed by atoms with Crippen LogP contribution >= 0.6 is 0 Å². The summed E-state index contributed by atoms with van der Waals surface area (Å²) in [6.45, 7) is 0.157. The first-order chi connectivity index (χ1) is 7.60. The van der Waals surface area contributed by atoms with Crippen molar-refractivity contribution in [2.45, 2.75) is 31.1 Å². The van der Waals surface area contributed by atoms with Crippen molar-refractivity contribution in [3.63, 3.8) is 0 Å². The van der Waals surface area contributed by atoms with Gasteiger partial charge >= 0.3 is 0 Å². The average Bonchev–Trinajstić information content (AvgIpc) is 2.74. The quantitative estimate of drug-likeness (QED) is 0.775. The summed E-state index contributed by atoms with van der Waals surface area (Å²) in [5.74, 6) is -2.77. The van der Waals surface area contributed by atoms with Crippen LogP contribution < -0.4 is 5.73 Å². The number of halogens is 3. The average molecular weight is 229 g/mol. The topological polar surface area (TPSA) is 26.0 Å². The van der Waals surface area contributed by atoms with E-state index >= 15 is 0 Å². The third kappa shape index (κ3) is 1.61. The Morgan fingerprint density at radius 2 is 1.62 bits per heavy atom. The predicted octanol–water partition coefficient (Wildman–Crippen LogP) is 2.87. The van der Waals surface area contributed by atoms with Gasteiger partial charge in [0.05, 0.1) is 0 Å². The second-order valence-electron chi connectivity index (χ2n) is 4.41. The van der Waals surface area contributed by atoms with Crippen LogP contribution in [-0.2, 0) is 5.41 Å². The Kier molecular flexibility index (Phi) is 2.93. The van der Waals surface area contributed by atoms with Crippen LogP contribution in [0, 0.1) is 17.5 Å². The molecule has 88 valence electrons. The Balaban J connectivity index is 2.57. The van der Waals surface area contributed by atoms with Gasteiger partial charge in [0.2, 0.25) is 0 Å². The summed E-state index contributed by atoms with van der Waals surface area (Å²) in [4.78, 5) is 0. The standard InChI is InChI=1S/C12H14F3N/c13-8-3-4-9(14)11(15)10(8)12(7-16)5-1-2-6-12/h3-4H,1-2,5-7,16H2. The molecule has 1 fully saturated rings. The minimum atomic E-state index is -1.08. The lowest BCUT2D eigenvalue weighted by Gasteiger charge is -2.28. The second kappa shape index (κ2) is 4.09. The van der Waals surface area contributed by atoms with Crippen LogP contribution in [0.1, 0.15) is 31.2 Å². The third-order valence-corrected chi connectivity index (χ3v) is 3.53. The van der Waals surface area contributed by atoms with E-state index in [2.05, 4.69) is 0 Å². The van der Waals surface area contributed by atoms with E-state index in [1.54, 1.807) is 0 Å². The molecule has 0 aliphatic heterocycles. The van der Waals surface area contributed by atoms with Crippen LogP contribution in [0.25, 0.3) is 0 Å². The first kappa shape index (κ1) is 11.5. The molecule has 0 aromatic heterocycles. The molecule has 2 rings (SSSR count). The van der Waals surface area contributed by atoms with Crippen LogP contribution in [0.4, 0.5) is 13.2 Å². The molecule has 16 heavy (non-hydrogen) atoms. The van der Waals surface area contributed by atoms with Crippen LogP contribution in [-0.4, -0.2) is 6.54 Å². The van der Waals surface area contributed by atoms with Crippen molar-refractivity contribution in [2.24, 2.45) is 5.73 Å². The molecule has 0 atom stereocenters. The summed E-state index contributed by atoms with van der Waals surface area (Å²) < 4.78 is 40.5. The second-order valence-corrected chi connectivity index (χ2v) is 4.41. The molecular formula is C12H14F3N. The fourth-order valence-corrected chi connectivity index (χ4v) is 2.62. The molecule has 2 N–H and O–H groups in total. The lowest BCUT2D eigenvalue weighted by molar-refractivity contribution is 0.383. The van der Waals surface area contributed by atoms with Crippen molar-refractivity contribution in [1.29, 1.82) is 0 Å². The van der Waals surface area contributed by atoms with Crippen molar-refractivity contribution in [3.8, 4) is 0 Å². The van der Waals surface area contributed by atoms with Crippen molar-refractivity contribution >= 4 is 0 Å². The largest absolute Gasteiger partial charge is 0.330 e. The zero-order valence-corrected chi connectivity index (χ0v) is 8.90. The molecule has 1 aromatic carbocycles. The maximum atomic E-state index is 13.7. The molecule has 0 radical (unpaired) electrons. The molecule has 0 saturated heterocycles. The van der Waals surface area contributed by atoms with Gasteiger partial charge < -0.3 is 5.73 Å². The van der Waals surface area contributed by atoms with Crippen LogP contribution in [0.3, 0.4) is 0 Å². The molecule has 4 heteroatoms. The third-order valence-electron chi connectivity index (χ3n) is 3.53. The van der Waals surface area contributed by atoms with E-state index < -0.39 is 22.9 Å². The Labute approximate surface area is 92.5 Å². The molecule has 1 nitrogen and oxygen atoms in total. The van der Waals surface area contributed by atoms with E-state index in [1.807, 2.05) is 0 Å². The zero-order valence-electron chi connectivity index (χ0n) is 8.90. The smallest absolute Gasteiger partial charge is 0.165 e. The number of hydrogen-bond donors (Lipinski definition) is 1. The Morgan fingerprint density at radius 3 is 2.19 bits per heavy atom. The number of rotatable bonds is 2. The lowest BCUT2D eigenvalue weighted by Crippen LogP contribution is -2.34. The SMILES string of the molecule is NCC1(c2c(F)ccc(F)c2F)CCCC1. The number of nitrogens with two attached hydrogens (primary N) is 1. The van der Waals surface area contributed by atoms with Gasteiger partial charge in [0, 0.05) is 17.5 Å². The van der Waals surface area contributed by atoms with Crippen molar-refractivity contribution in [1.82, 2.24) is 0 Å². The summed E-state index contributed by atoms with van der Waals surface area (Å²) in [5, 5.41) is 0. The molecule has 1 aliphatic rings. The molecule has 1 saturated carbocycles. The highest BCUT2D eigenvalue weighted by molar-refractivity contribution is 5.31. The summed E-state index contributed by atoms with van der Waals surface area (Å²) in [6, 6.07) is 1.79. The predicted molar refractivity (Wildman–Crippen MR) is 55.5 cm³/mol. The molecular weight excluding hydrogens is 215 g/mol. The van der Waals surface area contributed by atoms with Gasteiger partial charge in [-0.3, -0.25) is 0 Å². The minimum Gasteiger partial charge on any atom is -0.330 e. The van der Waals surface area contributed by atoms with E-state index in [4.69, 9.17) is 5.73 Å². The van der Waals surface area contributed by atoms with Crippen LogP contribution in [0.15, 0.2) is 12.1 Å². The van der Waals surface area contributed by atoms with Gasteiger partial charge in [-0.2, -0.15) is 0 Å². The number of hydrogen-bond acceptors (Lipinski definition) is 1. The first-order valence-corrected chi connectivity index (χ1v) is 5.45. The van der Waals surface area contributed by atoms with Crippen molar-refractivity contribution in [3.05, 3.63) is 35.1 Å². The van der Waals surface area contributed by atoms with E-state index in [-0.39, 0.29) is 12.1 Å². The molecule has 0 bridgehead atoms. The summed E-state index contributed by atoms with van der Waals surface area (Å²) >= 11 is 0. The highest BCUT2D eigenvalue weighted by atomic mass is 19.2. The van der Waals surface area contributed by atoms with Gasteiger partial charge in [-0.05, 0) is 25.0 Å². The molecule has 0 amide bonds. The maximum Gasteiger partial charge on any atom is 0.165 e. The van der Waals surface area contributed by atoms with Crippen molar-refractivity contribution < 1.29 is 13.2 Å². The maximum absolute atomic E-state index is 13.7. The zero-order chi connectivity index (χ0) is 11.8. The normalized spacial score (nSPS) is 19.0. The first-order valence-electron chi connectivity index (χ1n) is 5.45. The van der Waals surface area contributed by atoms with Gasteiger partial charge in [0.1, 0.15) is 5.82 Å². The van der Waals surface area contributed by atoms with Gasteiger partial charge in [-0.25, -0.2) is 13.2 Å². The van der Waals surface area contributed by atoms with Crippen LogP contribution in [0.2, 0.25) is 0 Å². The Bertz CT molecular complexity index is 397. The van der Waals surface area contributed by atoms with Gasteiger partial charge in [-0.15, -0.1) is 0 Å². The van der Waals surface area contributed by atoms with E-state index in [0.29, 0.717) is 12.8 Å². The van der Waals surface area contributed by atoms with Gasteiger partial charge in [0.25, 0.3) is 0 Å². The highest BCUT2D eigenvalue weighted by Gasteiger charge is 2.39. The summed E-state index contributed by atoms with van der Waals surface area (Å²) in [7, 11) is 0. The highest BCUT2D eigenvalue weighted by Crippen LogP contribution is 2.42.